The molecule has 0 spiro atoms. The molecular formula is C21H24F3N3O4. The highest BCUT2D eigenvalue weighted by Gasteiger charge is 2.34. The molecule has 2 heterocycles. The van der Waals surface area contributed by atoms with E-state index in [-0.39, 0.29) is 24.0 Å². The minimum atomic E-state index is -4.61. The molecule has 2 aromatic rings. The molecule has 7 nitrogen and oxygen atoms in total. The third-order valence-electron chi connectivity index (χ3n) is 4.84. The first kappa shape index (κ1) is 23.0. The van der Waals surface area contributed by atoms with Crippen molar-refractivity contribution in [1.29, 1.82) is 0 Å². The number of nitrogens with one attached hydrogen (secondary N) is 1. The molecule has 0 aliphatic carbocycles. The summed E-state index contributed by atoms with van der Waals surface area (Å²) in [6, 6.07) is 5.95. The summed E-state index contributed by atoms with van der Waals surface area (Å²) >= 11 is 0. The van der Waals surface area contributed by atoms with Crippen LogP contribution in [0.3, 0.4) is 0 Å². The molecule has 1 aromatic heterocycles. The third kappa shape index (κ3) is 5.92. The number of hydrogen-bond donors (Lipinski definition) is 1. The molecule has 0 radical (unpaired) electrons. The van der Waals surface area contributed by atoms with Gasteiger partial charge in [-0.1, -0.05) is 12.1 Å². The van der Waals surface area contributed by atoms with E-state index in [4.69, 9.17) is 9.47 Å². The first-order valence-electron chi connectivity index (χ1n) is 10.0. The van der Waals surface area contributed by atoms with Gasteiger partial charge < -0.3 is 14.8 Å². The summed E-state index contributed by atoms with van der Waals surface area (Å²) in [4.78, 5) is 24.6. The molecule has 1 unspecified atom stereocenters. The Morgan fingerprint density at radius 2 is 2.13 bits per heavy atom. The maximum Gasteiger partial charge on any atom is 0.418 e. The first-order chi connectivity index (χ1) is 14.8. The van der Waals surface area contributed by atoms with Crippen molar-refractivity contribution in [2.45, 2.75) is 38.5 Å². The largest absolute Gasteiger partial charge is 0.418 e. The predicted molar refractivity (Wildman–Crippen MR) is 106 cm³/mol. The predicted octanol–water partition coefficient (Wildman–Crippen LogP) is 2.88. The minimum absolute atomic E-state index is 0.115. The summed E-state index contributed by atoms with van der Waals surface area (Å²) in [6.45, 7) is 3.34. The van der Waals surface area contributed by atoms with E-state index >= 15 is 0 Å². The van der Waals surface area contributed by atoms with Gasteiger partial charge >= 0.3 is 6.18 Å². The number of carbonyl (C=O) groups excluding carboxylic acids is 1. The second kappa shape index (κ2) is 10.1. The Kier molecular flexibility index (Phi) is 7.45. The lowest BCUT2D eigenvalue weighted by atomic mass is 10.1. The van der Waals surface area contributed by atoms with Gasteiger partial charge in [-0.15, -0.1) is 0 Å². The Morgan fingerprint density at radius 3 is 2.84 bits per heavy atom. The van der Waals surface area contributed by atoms with Crippen LogP contribution in [0, 0.1) is 6.92 Å². The number of rotatable bonds is 8. The molecule has 1 saturated heterocycles. The van der Waals surface area contributed by atoms with Gasteiger partial charge in [0, 0.05) is 31.5 Å². The van der Waals surface area contributed by atoms with Crippen LogP contribution in [0.15, 0.2) is 35.1 Å². The molecule has 10 heteroatoms. The molecule has 1 aromatic carbocycles. The van der Waals surface area contributed by atoms with Crippen molar-refractivity contribution in [3.8, 4) is 5.69 Å². The second-order valence-electron chi connectivity index (χ2n) is 7.24. The number of halogens is 3. The van der Waals surface area contributed by atoms with Gasteiger partial charge in [-0.05, 0) is 38.3 Å². The number of hydrogen-bond acceptors (Lipinski definition) is 5. The van der Waals surface area contributed by atoms with E-state index < -0.39 is 28.8 Å². The van der Waals surface area contributed by atoms with Crippen molar-refractivity contribution in [2.24, 2.45) is 0 Å². The topological polar surface area (TPSA) is 82.5 Å². The van der Waals surface area contributed by atoms with Crippen LogP contribution < -0.4 is 10.7 Å². The van der Waals surface area contributed by atoms with E-state index in [0.717, 1.165) is 36.3 Å². The number of alkyl halides is 3. The van der Waals surface area contributed by atoms with Gasteiger partial charge in [0.1, 0.15) is 0 Å². The van der Waals surface area contributed by atoms with Crippen molar-refractivity contribution >= 4 is 5.91 Å². The van der Waals surface area contributed by atoms with Crippen molar-refractivity contribution in [2.75, 3.05) is 26.4 Å². The SMILES string of the molecule is Cc1cc(=O)c(C(=O)NCCCOCC2CCCO2)nn1-c1ccccc1C(F)(F)F. The number of amides is 1. The zero-order valence-electron chi connectivity index (χ0n) is 17.1. The average Bonchev–Trinajstić information content (AvgIpc) is 3.23. The lowest BCUT2D eigenvalue weighted by molar-refractivity contribution is -0.137. The average molecular weight is 439 g/mol. The van der Waals surface area contributed by atoms with Crippen LogP contribution in [0.25, 0.3) is 5.69 Å². The Balaban J connectivity index is 1.66. The van der Waals surface area contributed by atoms with E-state index in [1.54, 1.807) is 0 Å². The van der Waals surface area contributed by atoms with E-state index in [9.17, 15) is 22.8 Å². The fourth-order valence-corrected chi connectivity index (χ4v) is 3.30. The van der Waals surface area contributed by atoms with Gasteiger partial charge in [-0.25, -0.2) is 4.68 Å². The molecular weight excluding hydrogens is 415 g/mol. The minimum Gasteiger partial charge on any atom is -0.379 e. The number of aryl methyl sites for hydroxylation is 1. The molecule has 1 amide bonds. The number of para-hydroxylation sites is 1. The highest BCUT2D eigenvalue weighted by atomic mass is 19.4. The number of benzene rings is 1. The van der Waals surface area contributed by atoms with E-state index in [1.807, 2.05) is 0 Å². The maximum absolute atomic E-state index is 13.4. The summed E-state index contributed by atoms with van der Waals surface area (Å²) < 4.78 is 52.0. The quantitative estimate of drug-likeness (QED) is 0.640. The lowest BCUT2D eigenvalue weighted by Crippen LogP contribution is -2.33. The summed E-state index contributed by atoms with van der Waals surface area (Å²) in [5.74, 6) is -0.748. The van der Waals surface area contributed by atoms with Crippen LogP contribution in [0.1, 0.15) is 41.0 Å². The smallest absolute Gasteiger partial charge is 0.379 e. The number of ether oxygens (including phenoxy) is 2. The Bertz CT molecular complexity index is 969. The molecule has 1 fully saturated rings. The van der Waals surface area contributed by atoms with E-state index in [2.05, 4.69) is 10.4 Å². The molecule has 0 saturated carbocycles. The van der Waals surface area contributed by atoms with E-state index in [0.29, 0.717) is 19.6 Å². The summed E-state index contributed by atoms with van der Waals surface area (Å²) in [5, 5.41) is 6.49. The van der Waals surface area contributed by atoms with Crippen LogP contribution in [0.5, 0.6) is 0 Å². The van der Waals surface area contributed by atoms with Crippen molar-refractivity contribution in [1.82, 2.24) is 15.1 Å². The first-order valence-corrected chi connectivity index (χ1v) is 10.0. The standard InChI is InChI=1S/C21H24F3N3O4/c1-14-12-18(28)19(20(29)25-9-5-10-30-13-15-6-4-11-31-15)26-27(14)17-8-3-2-7-16(17)21(22,23)24/h2-3,7-8,12,15H,4-6,9-11,13H2,1H3,(H,25,29). The van der Waals surface area contributed by atoms with Crippen LogP contribution in [-0.4, -0.2) is 48.2 Å². The Labute approximate surface area is 177 Å². The lowest BCUT2D eigenvalue weighted by Gasteiger charge is -2.16. The molecule has 3 rings (SSSR count). The molecule has 31 heavy (non-hydrogen) atoms. The molecule has 1 atom stereocenters. The van der Waals surface area contributed by atoms with Gasteiger partial charge in [0.15, 0.2) is 5.69 Å². The highest BCUT2D eigenvalue weighted by molar-refractivity contribution is 5.92. The van der Waals surface area contributed by atoms with Gasteiger partial charge in [0.2, 0.25) is 5.43 Å². The molecule has 168 valence electrons. The van der Waals surface area contributed by atoms with Gasteiger partial charge in [0.05, 0.1) is 24.0 Å². The van der Waals surface area contributed by atoms with Crippen LogP contribution in [0.4, 0.5) is 13.2 Å². The molecule has 0 bridgehead atoms. The molecule has 1 aliphatic rings. The zero-order valence-corrected chi connectivity index (χ0v) is 17.1. The number of carbonyl (C=O) groups is 1. The fourth-order valence-electron chi connectivity index (χ4n) is 3.30. The molecule has 1 N–H and O–H groups in total. The van der Waals surface area contributed by atoms with Gasteiger partial charge in [0.25, 0.3) is 5.91 Å². The number of aromatic nitrogens is 2. The van der Waals surface area contributed by atoms with Gasteiger partial charge in [-0.2, -0.15) is 18.3 Å². The maximum atomic E-state index is 13.4. The Hall–Kier alpha value is -2.72. The van der Waals surface area contributed by atoms with Gasteiger partial charge in [-0.3, -0.25) is 9.59 Å². The Morgan fingerprint density at radius 1 is 1.35 bits per heavy atom. The summed E-state index contributed by atoms with van der Waals surface area (Å²) in [5.41, 5.74) is -2.12. The van der Waals surface area contributed by atoms with Crippen molar-refractivity contribution < 1.29 is 27.4 Å². The highest BCUT2D eigenvalue weighted by Crippen LogP contribution is 2.33. The van der Waals surface area contributed by atoms with Crippen LogP contribution in [-0.2, 0) is 15.7 Å². The summed E-state index contributed by atoms with van der Waals surface area (Å²) in [7, 11) is 0. The van der Waals surface area contributed by atoms with Crippen LogP contribution in [0.2, 0.25) is 0 Å². The number of nitrogens with zero attached hydrogens (tertiary/aromatic N) is 2. The van der Waals surface area contributed by atoms with Crippen LogP contribution >= 0.6 is 0 Å². The zero-order chi connectivity index (χ0) is 22.4. The van der Waals surface area contributed by atoms with Crippen molar-refractivity contribution in [3.05, 3.63) is 57.5 Å². The fraction of sp³-hybridized carbons (Fsp3) is 0.476. The second-order valence-corrected chi connectivity index (χ2v) is 7.24. The third-order valence-corrected chi connectivity index (χ3v) is 4.84. The summed E-state index contributed by atoms with van der Waals surface area (Å²) in [6.07, 6.45) is -1.99. The van der Waals surface area contributed by atoms with Crippen molar-refractivity contribution in [3.63, 3.8) is 0 Å². The van der Waals surface area contributed by atoms with E-state index in [1.165, 1.54) is 25.1 Å². The normalized spacial score (nSPS) is 16.5. The molecule has 1 aliphatic heterocycles. The monoisotopic (exact) mass is 439 g/mol.